The Morgan fingerprint density at radius 1 is 1.26 bits per heavy atom. The molecule has 3 heterocycles. The summed E-state index contributed by atoms with van der Waals surface area (Å²) in [4.78, 5) is 12.9. The summed E-state index contributed by atoms with van der Waals surface area (Å²) >= 11 is 1.35. The third-order valence-corrected chi connectivity index (χ3v) is 7.02. The molecule has 2 N–H and O–H groups in total. The zero-order valence-corrected chi connectivity index (χ0v) is 17.0. The van der Waals surface area contributed by atoms with E-state index in [0.717, 1.165) is 11.5 Å². The van der Waals surface area contributed by atoms with Gasteiger partial charge < -0.3 is 5.73 Å². The lowest BCUT2D eigenvalue weighted by atomic mass is 9.84. The van der Waals surface area contributed by atoms with Crippen molar-refractivity contribution >= 4 is 27.8 Å². The number of nitriles is 1. The Hall–Kier alpha value is -3.12. The van der Waals surface area contributed by atoms with E-state index in [1.54, 1.807) is 18.3 Å². The van der Waals surface area contributed by atoms with Gasteiger partial charge in [-0.15, -0.1) is 0 Å². The van der Waals surface area contributed by atoms with Gasteiger partial charge in [0.2, 0.25) is 0 Å². The Balaban J connectivity index is 1.60. The number of amidine groups is 1. The maximum absolute atomic E-state index is 14.9. The van der Waals surface area contributed by atoms with E-state index >= 15 is 0 Å². The SMILES string of the molecule is N#Cc1cnc2c(Cc3cc(F)c(F)c([C@@]4(CF)N=C(N)S[C@@H]5C[C@@H]54)c3)nccc2c1. The van der Waals surface area contributed by atoms with Crippen molar-refractivity contribution in [2.45, 2.75) is 23.6 Å². The minimum absolute atomic E-state index is 0.0673. The highest BCUT2D eigenvalue weighted by molar-refractivity contribution is 8.14. The highest BCUT2D eigenvalue weighted by atomic mass is 32.2. The van der Waals surface area contributed by atoms with Gasteiger partial charge in [0.15, 0.2) is 16.8 Å². The van der Waals surface area contributed by atoms with Gasteiger partial charge in [-0.2, -0.15) is 5.26 Å². The predicted molar refractivity (Wildman–Crippen MR) is 112 cm³/mol. The molecule has 1 aliphatic heterocycles. The van der Waals surface area contributed by atoms with Gasteiger partial charge in [-0.1, -0.05) is 11.8 Å². The lowest BCUT2D eigenvalue weighted by molar-refractivity contribution is 0.268. The number of aliphatic imine (C=N–C) groups is 1. The Morgan fingerprint density at radius 2 is 2.10 bits per heavy atom. The molecule has 5 rings (SSSR count). The fourth-order valence-corrected chi connectivity index (χ4v) is 5.51. The summed E-state index contributed by atoms with van der Waals surface area (Å²) in [6.45, 7) is -0.958. The van der Waals surface area contributed by atoms with Gasteiger partial charge >= 0.3 is 0 Å². The lowest BCUT2D eigenvalue weighted by Crippen LogP contribution is -2.37. The number of nitrogens with two attached hydrogens (primary N) is 1. The number of thioether (sulfide) groups is 1. The summed E-state index contributed by atoms with van der Waals surface area (Å²) in [7, 11) is 0. The van der Waals surface area contributed by atoms with Crippen molar-refractivity contribution in [2.24, 2.45) is 16.6 Å². The van der Waals surface area contributed by atoms with E-state index in [0.29, 0.717) is 28.8 Å². The van der Waals surface area contributed by atoms with Crippen LogP contribution in [0.1, 0.15) is 28.8 Å². The van der Waals surface area contributed by atoms with E-state index in [4.69, 9.17) is 11.0 Å². The zero-order chi connectivity index (χ0) is 21.8. The van der Waals surface area contributed by atoms with Gasteiger partial charge in [-0.25, -0.2) is 18.2 Å². The van der Waals surface area contributed by atoms with Crippen LogP contribution in [0.5, 0.6) is 0 Å². The fourth-order valence-electron chi connectivity index (χ4n) is 4.29. The molecule has 9 heteroatoms. The molecule has 31 heavy (non-hydrogen) atoms. The van der Waals surface area contributed by atoms with E-state index in [-0.39, 0.29) is 28.3 Å². The Labute approximate surface area is 180 Å². The van der Waals surface area contributed by atoms with E-state index in [2.05, 4.69) is 15.0 Å². The largest absolute Gasteiger partial charge is 0.379 e. The third kappa shape index (κ3) is 3.22. The van der Waals surface area contributed by atoms with E-state index < -0.39 is 23.8 Å². The molecule has 1 aliphatic carbocycles. The van der Waals surface area contributed by atoms with Crippen LogP contribution in [-0.4, -0.2) is 27.1 Å². The quantitative estimate of drug-likeness (QED) is 0.664. The second-order valence-electron chi connectivity index (χ2n) is 7.79. The molecule has 1 saturated carbocycles. The highest BCUT2D eigenvalue weighted by Gasteiger charge is 2.58. The number of nitrogens with zero attached hydrogens (tertiary/aromatic N) is 4. The molecule has 3 atom stereocenters. The van der Waals surface area contributed by atoms with Crippen molar-refractivity contribution in [3.05, 3.63) is 70.7 Å². The normalized spacial score (nSPS) is 24.4. The maximum atomic E-state index is 14.9. The topological polar surface area (TPSA) is 88.0 Å². The molecule has 0 radical (unpaired) electrons. The van der Waals surface area contributed by atoms with Crippen LogP contribution in [0.15, 0.2) is 41.7 Å². The third-order valence-electron chi connectivity index (χ3n) is 5.86. The Bertz CT molecular complexity index is 1290. The predicted octanol–water partition coefficient (Wildman–Crippen LogP) is 3.99. The summed E-state index contributed by atoms with van der Waals surface area (Å²) in [5.41, 5.74) is 6.19. The summed E-state index contributed by atoms with van der Waals surface area (Å²) < 4.78 is 43.8. The van der Waals surface area contributed by atoms with Crippen LogP contribution >= 0.6 is 11.8 Å². The molecule has 1 fully saturated rings. The molecule has 156 valence electrons. The molecule has 0 spiro atoms. The van der Waals surface area contributed by atoms with E-state index in [1.165, 1.54) is 24.0 Å². The molecule has 3 aromatic rings. The van der Waals surface area contributed by atoms with Gasteiger partial charge in [-0.3, -0.25) is 9.97 Å². The maximum Gasteiger partial charge on any atom is 0.164 e. The van der Waals surface area contributed by atoms with Gasteiger partial charge in [0.05, 0.1) is 16.8 Å². The molecule has 0 saturated heterocycles. The first-order chi connectivity index (χ1) is 14.9. The summed E-state index contributed by atoms with van der Waals surface area (Å²) in [6, 6.07) is 8.00. The molecule has 0 bridgehead atoms. The van der Waals surface area contributed by atoms with Crippen molar-refractivity contribution in [1.82, 2.24) is 9.97 Å². The fraction of sp³-hybridized carbons (Fsp3) is 0.273. The number of fused-ring (bicyclic) bond motifs is 2. The van der Waals surface area contributed by atoms with Gasteiger partial charge in [0.25, 0.3) is 0 Å². The second-order valence-corrected chi connectivity index (χ2v) is 9.05. The molecule has 1 aromatic carbocycles. The Morgan fingerprint density at radius 3 is 2.87 bits per heavy atom. The Kier molecular flexibility index (Phi) is 4.63. The number of aromatic nitrogens is 2. The molecule has 5 nitrogen and oxygen atoms in total. The number of hydrogen-bond donors (Lipinski definition) is 1. The molecular weight excluding hydrogens is 423 g/mol. The standard InChI is InChI=1S/C22H16F3N5S/c23-10-22(14-7-18(14)31-21(27)30-22)15-4-11(5-16(24)19(15)25)6-17-20-13(1-2-28-17)3-12(8-26)9-29-20/h1-5,9,14,18H,6-7,10H2,(H2,27,30)/t14-,18+,22-/m0/s1. The number of rotatable bonds is 4. The van der Waals surface area contributed by atoms with E-state index in [9.17, 15) is 13.2 Å². The summed E-state index contributed by atoms with van der Waals surface area (Å²) in [6.07, 6.45) is 3.82. The van der Waals surface area contributed by atoms with Gasteiger partial charge in [0.1, 0.15) is 18.3 Å². The lowest BCUT2D eigenvalue weighted by Gasteiger charge is -2.32. The van der Waals surface area contributed by atoms with Crippen LogP contribution in [0.3, 0.4) is 0 Å². The minimum Gasteiger partial charge on any atom is -0.379 e. The molecule has 2 aromatic heterocycles. The number of alkyl halides is 1. The molecule has 2 aliphatic rings. The zero-order valence-electron chi connectivity index (χ0n) is 16.1. The van der Waals surface area contributed by atoms with Crippen LogP contribution in [0.4, 0.5) is 13.2 Å². The first-order valence-corrected chi connectivity index (χ1v) is 10.5. The van der Waals surface area contributed by atoms with Crippen molar-refractivity contribution in [3.63, 3.8) is 0 Å². The molecular formula is C22H16F3N5S. The molecule has 0 unspecified atom stereocenters. The number of halogens is 3. The molecule has 0 amide bonds. The monoisotopic (exact) mass is 439 g/mol. The van der Waals surface area contributed by atoms with Gasteiger partial charge in [-0.05, 0) is 36.2 Å². The first-order valence-electron chi connectivity index (χ1n) is 9.65. The van der Waals surface area contributed by atoms with Crippen molar-refractivity contribution in [2.75, 3.05) is 6.67 Å². The van der Waals surface area contributed by atoms with E-state index in [1.807, 2.05) is 6.07 Å². The first kappa shape index (κ1) is 19.8. The van der Waals surface area contributed by atoms with Crippen molar-refractivity contribution < 1.29 is 13.2 Å². The number of benzene rings is 1. The highest BCUT2D eigenvalue weighted by Crippen LogP contribution is 2.58. The minimum atomic E-state index is -1.51. The van der Waals surface area contributed by atoms with Crippen LogP contribution < -0.4 is 5.73 Å². The summed E-state index contributed by atoms with van der Waals surface area (Å²) in [5.74, 6) is -2.39. The second kappa shape index (κ2) is 7.24. The smallest absolute Gasteiger partial charge is 0.164 e. The average molecular weight is 439 g/mol. The number of pyridine rings is 2. The van der Waals surface area contributed by atoms with Crippen molar-refractivity contribution in [3.8, 4) is 6.07 Å². The van der Waals surface area contributed by atoms with Crippen LogP contribution in [0.2, 0.25) is 0 Å². The van der Waals surface area contributed by atoms with Crippen LogP contribution in [0, 0.1) is 28.9 Å². The summed E-state index contributed by atoms with van der Waals surface area (Å²) in [5, 5.41) is 10.0. The van der Waals surface area contributed by atoms with Gasteiger partial charge in [0, 0.05) is 40.9 Å². The number of hydrogen-bond acceptors (Lipinski definition) is 6. The average Bonchev–Trinajstić information content (AvgIpc) is 3.55. The van der Waals surface area contributed by atoms with Crippen LogP contribution in [0.25, 0.3) is 10.9 Å². The van der Waals surface area contributed by atoms with Crippen molar-refractivity contribution in [1.29, 1.82) is 5.26 Å². The van der Waals surface area contributed by atoms with Crippen LogP contribution in [-0.2, 0) is 12.0 Å².